The number of halogens is 1. The standard InChI is InChI=1S/C18H20ClNO3/c19-14-5-1-4-13(10-14)11-18(22)20-8-2-6-15(20)12-16(21)17-7-3-9-23-17/h1,3-5,7,9-10,15-16,21H,2,6,8,11-12H2. The van der Waals surface area contributed by atoms with E-state index >= 15 is 0 Å². The van der Waals surface area contributed by atoms with Crippen molar-refractivity contribution < 1.29 is 14.3 Å². The van der Waals surface area contributed by atoms with E-state index in [-0.39, 0.29) is 11.9 Å². The third-order valence-corrected chi connectivity index (χ3v) is 4.54. The maximum absolute atomic E-state index is 12.6. The molecule has 1 aliphatic heterocycles. The van der Waals surface area contributed by atoms with Crippen molar-refractivity contribution in [1.82, 2.24) is 4.90 Å². The zero-order valence-corrected chi connectivity index (χ0v) is 13.6. The fourth-order valence-electron chi connectivity index (χ4n) is 3.19. The van der Waals surface area contributed by atoms with Crippen molar-refractivity contribution in [3.8, 4) is 0 Å². The summed E-state index contributed by atoms with van der Waals surface area (Å²) in [5.41, 5.74) is 0.916. The molecular formula is C18H20ClNO3. The number of benzene rings is 1. The highest BCUT2D eigenvalue weighted by Crippen LogP contribution is 2.28. The summed E-state index contributed by atoms with van der Waals surface area (Å²) < 4.78 is 5.24. The number of nitrogens with zero attached hydrogens (tertiary/aromatic N) is 1. The predicted octanol–water partition coefficient (Wildman–Crippen LogP) is 3.59. The smallest absolute Gasteiger partial charge is 0.227 e. The van der Waals surface area contributed by atoms with Crippen LogP contribution in [0.3, 0.4) is 0 Å². The Labute approximate surface area is 140 Å². The Kier molecular flexibility index (Phi) is 5.03. The van der Waals surface area contributed by atoms with Crippen LogP contribution < -0.4 is 0 Å². The van der Waals surface area contributed by atoms with E-state index in [0.717, 1.165) is 24.9 Å². The molecule has 0 radical (unpaired) electrons. The van der Waals surface area contributed by atoms with Crippen LogP contribution >= 0.6 is 11.6 Å². The van der Waals surface area contributed by atoms with Gasteiger partial charge in [-0.15, -0.1) is 0 Å². The quantitative estimate of drug-likeness (QED) is 0.909. The first-order chi connectivity index (χ1) is 11.1. The Balaban J connectivity index is 1.63. The highest BCUT2D eigenvalue weighted by Gasteiger charge is 2.31. The molecule has 0 spiro atoms. The molecule has 1 aliphatic rings. The largest absolute Gasteiger partial charge is 0.467 e. The van der Waals surface area contributed by atoms with Crippen LogP contribution in [0.2, 0.25) is 5.02 Å². The lowest BCUT2D eigenvalue weighted by Gasteiger charge is -2.26. The minimum Gasteiger partial charge on any atom is -0.467 e. The number of aliphatic hydroxyl groups is 1. The molecule has 4 nitrogen and oxygen atoms in total. The van der Waals surface area contributed by atoms with Crippen molar-refractivity contribution in [2.45, 2.75) is 37.8 Å². The van der Waals surface area contributed by atoms with Crippen LogP contribution in [0.25, 0.3) is 0 Å². The topological polar surface area (TPSA) is 53.7 Å². The lowest BCUT2D eigenvalue weighted by Crippen LogP contribution is -2.37. The number of amides is 1. The molecule has 1 aromatic heterocycles. The number of carbonyl (C=O) groups excluding carboxylic acids is 1. The second-order valence-corrected chi connectivity index (χ2v) is 6.39. The Morgan fingerprint density at radius 2 is 2.26 bits per heavy atom. The summed E-state index contributed by atoms with van der Waals surface area (Å²) in [7, 11) is 0. The second kappa shape index (κ2) is 7.20. The molecule has 5 heteroatoms. The molecule has 1 N–H and O–H groups in total. The van der Waals surface area contributed by atoms with Gasteiger partial charge in [-0.05, 0) is 42.7 Å². The van der Waals surface area contributed by atoms with Gasteiger partial charge in [0.25, 0.3) is 0 Å². The van der Waals surface area contributed by atoms with E-state index < -0.39 is 6.10 Å². The molecule has 0 saturated carbocycles. The van der Waals surface area contributed by atoms with Crippen molar-refractivity contribution in [2.75, 3.05) is 6.54 Å². The third-order valence-electron chi connectivity index (χ3n) is 4.31. The zero-order valence-electron chi connectivity index (χ0n) is 12.8. The van der Waals surface area contributed by atoms with Crippen LogP contribution in [-0.4, -0.2) is 28.5 Å². The second-order valence-electron chi connectivity index (χ2n) is 5.96. The Hall–Kier alpha value is -1.78. The van der Waals surface area contributed by atoms with Crippen molar-refractivity contribution in [3.63, 3.8) is 0 Å². The summed E-state index contributed by atoms with van der Waals surface area (Å²) in [6, 6.07) is 11.0. The van der Waals surface area contributed by atoms with E-state index in [4.69, 9.17) is 16.0 Å². The van der Waals surface area contributed by atoms with E-state index in [9.17, 15) is 9.90 Å². The highest BCUT2D eigenvalue weighted by molar-refractivity contribution is 6.30. The molecule has 1 amide bonds. The Morgan fingerprint density at radius 1 is 1.39 bits per heavy atom. The fourth-order valence-corrected chi connectivity index (χ4v) is 3.40. The summed E-state index contributed by atoms with van der Waals surface area (Å²) in [4.78, 5) is 14.5. The molecule has 122 valence electrons. The van der Waals surface area contributed by atoms with E-state index in [1.54, 1.807) is 24.5 Å². The van der Waals surface area contributed by atoms with Crippen LogP contribution in [-0.2, 0) is 11.2 Å². The van der Waals surface area contributed by atoms with Crippen molar-refractivity contribution >= 4 is 17.5 Å². The molecular weight excluding hydrogens is 314 g/mol. The summed E-state index contributed by atoms with van der Waals surface area (Å²) in [5.74, 6) is 0.639. The first-order valence-electron chi connectivity index (χ1n) is 7.89. The molecule has 2 heterocycles. The van der Waals surface area contributed by atoms with Gasteiger partial charge in [-0.3, -0.25) is 4.79 Å². The molecule has 1 saturated heterocycles. The van der Waals surface area contributed by atoms with Gasteiger partial charge >= 0.3 is 0 Å². The summed E-state index contributed by atoms with van der Waals surface area (Å²) >= 11 is 5.97. The Bertz CT molecular complexity index is 656. The van der Waals surface area contributed by atoms with Gasteiger partial charge in [0.2, 0.25) is 5.91 Å². The minimum absolute atomic E-state index is 0.0572. The van der Waals surface area contributed by atoms with Crippen molar-refractivity contribution in [1.29, 1.82) is 0 Å². The number of hydrogen-bond acceptors (Lipinski definition) is 3. The molecule has 1 fully saturated rings. The number of hydrogen-bond donors (Lipinski definition) is 1. The average Bonchev–Trinajstić information content (AvgIpc) is 3.18. The van der Waals surface area contributed by atoms with E-state index in [0.29, 0.717) is 23.6 Å². The Morgan fingerprint density at radius 3 is 3.00 bits per heavy atom. The van der Waals surface area contributed by atoms with Crippen LogP contribution in [0.5, 0.6) is 0 Å². The fraction of sp³-hybridized carbons (Fsp3) is 0.389. The van der Waals surface area contributed by atoms with Gasteiger partial charge in [0, 0.05) is 24.0 Å². The van der Waals surface area contributed by atoms with E-state index in [1.165, 1.54) is 0 Å². The molecule has 2 aromatic rings. The maximum Gasteiger partial charge on any atom is 0.227 e. The van der Waals surface area contributed by atoms with Gasteiger partial charge in [-0.1, -0.05) is 23.7 Å². The van der Waals surface area contributed by atoms with Gasteiger partial charge in [0.1, 0.15) is 11.9 Å². The SMILES string of the molecule is O=C(Cc1cccc(Cl)c1)N1CCCC1CC(O)c1ccco1. The third kappa shape index (κ3) is 3.95. The van der Waals surface area contributed by atoms with Crippen LogP contribution in [0.15, 0.2) is 47.1 Å². The molecule has 0 bridgehead atoms. The number of furan rings is 1. The van der Waals surface area contributed by atoms with Crippen LogP contribution in [0, 0.1) is 0 Å². The van der Waals surface area contributed by atoms with E-state index in [2.05, 4.69) is 0 Å². The minimum atomic E-state index is -0.672. The van der Waals surface area contributed by atoms with Crippen LogP contribution in [0.4, 0.5) is 0 Å². The maximum atomic E-state index is 12.6. The molecule has 0 aliphatic carbocycles. The normalized spacial score (nSPS) is 19.0. The molecule has 3 rings (SSSR count). The summed E-state index contributed by atoms with van der Waals surface area (Å²) in [5, 5.41) is 10.9. The summed E-state index contributed by atoms with van der Waals surface area (Å²) in [6.45, 7) is 0.745. The van der Waals surface area contributed by atoms with Gasteiger partial charge in [-0.2, -0.15) is 0 Å². The number of carbonyl (C=O) groups is 1. The first-order valence-corrected chi connectivity index (χ1v) is 8.26. The predicted molar refractivity (Wildman–Crippen MR) is 88.2 cm³/mol. The molecule has 2 atom stereocenters. The zero-order chi connectivity index (χ0) is 16.2. The lowest BCUT2D eigenvalue weighted by molar-refractivity contribution is -0.131. The van der Waals surface area contributed by atoms with E-state index in [1.807, 2.05) is 23.1 Å². The van der Waals surface area contributed by atoms with Gasteiger partial charge in [0.05, 0.1) is 12.7 Å². The number of aliphatic hydroxyl groups excluding tert-OH is 1. The van der Waals surface area contributed by atoms with Crippen molar-refractivity contribution in [3.05, 3.63) is 59.0 Å². The molecule has 23 heavy (non-hydrogen) atoms. The van der Waals surface area contributed by atoms with Crippen molar-refractivity contribution in [2.24, 2.45) is 0 Å². The molecule has 1 aromatic carbocycles. The highest BCUT2D eigenvalue weighted by atomic mass is 35.5. The van der Waals surface area contributed by atoms with Crippen LogP contribution in [0.1, 0.15) is 36.7 Å². The van der Waals surface area contributed by atoms with Gasteiger partial charge in [0.15, 0.2) is 0 Å². The van der Waals surface area contributed by atoms with Gasteiger partial charge in [-0.25, -0.2) is 0 Å². The van der Waals surface area contributed by atoms with Gasteiger partial charge < -0.3 is 14.4 Å². The lowest BCUT2D eigenvalue weighted by atomic mass is 10.0. The average molecular weight is 334 g/mol. The number of likely N-dealkylation sites (tertiary alicyclic amines) is 1. The number of rotatable bonds is 5. The first kappa shape index (κ1) is 16.1. The molecule has 2 unspecified atom stereocenters. The monoisotopic (exact) mass is 333 g/mol. The summed E-state index contributed by atoms with van der Waals surface area (Å²) in [6.07, 6.45) is 3.61.